The summed E-state index contributed by atoms with van der Waals surface area (Å²) in [6.07, 6.45) is 6.58. The first-order valence-corrected chi connectivity index (χ1v) is 8.37. The van der Waals surface area contributed by atoms with Crippen LogP contribution >= 0.6 is 0 Å². The predicted octanol–water partition coefficient (Wildman–Crippen LogP) is 2.51. The third-order valence-corrected chi connectivity index (χ3v) is 4.91. The Balaban J connectivity index is 1.76. The third kappa shape index (κ3) is 4.73. The molecule has 0 amide bonds. The highest BCUT2D eigenvalue weighted by atomic mass is 16.5. The summed E-state index contributed by atoms with van der Waals surface area (Å²) in [6.45, 7) is 11.5. The number of hydrogen-bond donors (Lipinski definition) is 1. The highest BCUT2D eigenvalue weighted by molar-refractivity contribution is 4.83. The molecular formula is C16H32N2O. The Kier molecular flexibility index (Phi) is 6.62. The van der Waals surface area contributed by atoms with E-state index in [-0.39, 0.29) is 0 Å². The minimum atomic E-state index is 0.678. The summed E-state index contributed by atoms with van der Waals surface area (Å²) in [6, 6.07) is 0.678. The summed E-state index contributed by atoms with van der Waals surface area (Å²) in [5.74, 6) is 1.67. The Hall–Kier alpha value is -0.120. The fourth-order valence-corrected chi connectivity index (χ4v) is 3.48. The zero-order valence-corrected chi connectivity index (χ0v) is 12.9. The molecule has 0 aromatic rings. The Bertz CT molecular complexity index is 239. The molecule has 2 heterocycles. The maximum Gasteiger partial charge on any atom is 0.0521 e. The molecule has 0 saturated carbocycles. The molecular weight excluding hydrogens is 236 g/mol. The summed E-state index contributed by atoms with van der Waals surface area (Å²) >= 11 is 0. The third-order valence-electron chi connectivity index (χ3n) is 4.91. The molecule has 112 valence electrons. The zero-order valence-electron chi connectivity index (χ0n) is 12.9. The van der Waals surface area contributed by atoms with Crippen LogP contribution in [0.1, 0.15) is 46.0 Å². The van der Waals surface area contributed by atoms with Gasteiger partial charge in [0.2, 0.25) is 0 Å². The van der Waals surface area contributed by atoms with Crippen LogP contribution in [0, 0.1) is 11.8 Å². The highest BCUT2D eigenvalue weighted by Crippen LogP contribution is 2.23. The molecule has 2 atom stereocenters. The van der Waals surface area contributed by atoms with Crippen molar-refractivity contribution in [3.8, 4) is 0 Å². The van der Waals surface area contributed by atoms with E-state index in [1.807, 2.05) is 0 Å². The number of nitrogens with one attached hydrogen (secondary N) is 1. The molecule has 2 aliphatic heterocycles. The summed E-state index contributed by atoms with van der Waals surface area (Å²) < 4.78 is 5.71. The van der Waals surface area contributed by atoms with Gasteiger partial charge in [0.25, 0.3) is 0 Å². The summed E-state index contributed by atoms with van der Waals surface area (Å²) in [4.78, 5) is 2.67. The Morgan fingerprint density at radius 1 is 1.16 bits per heavy atom. The zero-order chi connectivity index (χ0) is 13.5. The molecule has 0 aromatic heterocycles. The molecule has 0 radical (unpaired) electrons. The van der Waals surface area contributed by atoms with Crippen molar-refractivity contribution in [2.75, 3.05) is 39.4 Å². The van der Waals surface area contributed by atoms with Gasteiger partial charge in [0.1, 0.15) is 0 Å². The van der Waals surface area contributed by atoms with Gasteiger partial charge in [-0.25, -0.2) is 0 Å². The van der Waals surface area contributed by atoms with Crippen LogP contribution in [-0.4, -0.2) is 50.3 Å². The maximum absolute atomic E-state index is 5.71. The van der Waals surface area contributed by atoms with Crippen LogP contribution in [0.25, 0.3) is 0 Å². The summed E-state index contributed by atoms with van der Waals surface area (Å²) in [5, 5.41) is 3.72. The van der Waals surface area contributed by atoms with Gasteiger partial charge >= 0.3 is 0 Å². The summed E-state index contributed by atoms with van der Waals surface area (Å²) in [7, 11) is 0. The molecule has 3 nitrogen and oxygen atoms in total. The number of nitrogens with zero attached hydrogens (tertiary/aromatic N) is 1. The quantitative estimate of drug-likeness (QED) is 0.801. The van der Waals surface area contributed by atoms with E-state index in [0.717, 1.165) is 25.7 Å². The lowest BCUT2D eigenvalue weighted by Crippen LogP contribution is -2.49. The van der Waals surface area contributed by atoms with E-state index in [9.17, 15) is 0 Å². The second kappa shape index (κ2) is 8.23. The van der Waals surface area contributed by atoms with Crippen LogP contribution in [0.3, 0.4) is 0 Å². The van der Waals surface area contributed by atoms with Crippen LogP contribution in [0.2, 0.25) is 0 Å². The van der Waals surface area contributed by atoms with Crippen molar-refractivity contribution in [3.63, 3.8) is 0 Å². The molecule has 19 heavy (non-hydrogen) atoms. The normalized spacial score (nSPS) is 30.6. The lowest BCUT2D eigenvalue weighted by Gasteiger charge is -2.38. The van der Waals surface area contributed by atoms with Crippen molar-refractivity contribution in [1.82, 2.24) is 10.2 Å². The average molecular weight is 268 g/mol. The predicted molar refractivity (Wildman–Crippen MR) is 80.5 cm³/mol. The van der Waals surface area contributed by atoms with Gasteiger partial charge in [-0.15, -0.1) is 0 Å². The standard InChI is InChI=1S/C16H32N2O/c1-3-8-17-16-7-11-19-13-15(16)12-18-9-5-14(4-2)6-10-18/h14-17H,3-13H2,1-2H3. The van der Waals surface area contributed by atoms with Crippen molar-refractivity contribution in [2.24, 2.45) is 11.8 Å². The number of ether oxygens (including phenoxy) is 1. The number of piperidine rings is 1. The highest BCUT2D eigenvalue weighted by Gasteiger charge is 2.28. The van der Waals surface area contributed by atoms with Crippen molar-refractivity contribution in [1.29, 1.82) is 0 Å². The first kappa shape index (κ1) is 15.3. The minimum absolute atomic E-state index is 0.678. The molecule has 3 heteroatoms. The molecule has 2 unspecified atom stereocenters. The van der Waals surface area contributed by atoms with Gasteiger partial charge < -0.3 is 15.0 Å². The van der Waals surface area contributed by atoms with Crippen molar-refractivity contribution < 1.29 is 4.74 Å². The van der Waals surface area contributed by atoms with Gasteiger partial charge in [0.05, 0.1) is 6.61 Å². The minimum Gasteiger partial charge on any atom is -0.381 e. The first-order chi connectivity index (χ1) is 9.33. The molecule has 0 bridgehead atoms. The van der Waals surface area contributed by atoms with Gasteiger partial charge in [-0.1, -0.05) is 20.3 Å². The largest absolute Gasteiger partial charge is 0.381 e. The summed E-state index contributed by atoms with van der Waals surface area (Å²) in [5.41, 5.74) is 0. The van der Waals surface area contributed by atoms with E-state index in [4.69, 9.17) is 4.74 Å². The van der Waals surface area contributed by atoms with Crippen molar-refractivity contribution in [3.05, 3.63) is 0 Å². The molecule has 2 saturated heterocycles. The number of hydrogen-bond acceptors (Lipinski definition) is 3. The SMILES string of the molecule is CCCNC1CCOCC1CN1CCC(CC)CC1. The fourth-order valence-electron chi connectivity index (χ4n) is 3.48. The lowest BCUT2D eigenvalue weighted by atomic mass is 9.91. The molecule has 1 N–H and O–H groups in total. The smallest absolute Gasteiger partial charge is 0.0521 e. The van der Waals surface area contributed by atoms with Crippen LogP contribution in [0.4, 0.5) is 0 Å². The van der Waals surface area contributed by atoms with E-state index < -0.39 is 0 Å². The molecule has 0 aromatic carbocycles. The van der Waals surface area contributed by atoms with Crippen LogP contribution in [0.15, 0.2) is 0 Å². The molecule has 2 rings (SSSR count). The van der Waals surface area contributed by atoms with Crippen LogP contribution in [0.5, 0.6) is 0 Å². The monoisotopic (exact) mass is 268 g/mol. The van der Waals surface area contributed by atoms with E-state index >= 15 is 0 Å². The Morgan fingerprint density at radius 2 is 1.95 bits per heavy atom. The molecule has 0 aliphatic carbocycles. The molecule has 2 fully saturated rings. The topological polar surface area (TPSA) is 24.5 Å². The second-order valence-electron chi connectivity index (χ2n) is 6.34. The Morgan fingerprint density at radius 3 is 2.63 bits per heavy atom. The first-order valence-electron chi connectivity index (χ1n) is 8.37. The van der Waals surface area contributed by atoms with Crippen molar-refractivity contribution >= 4 is 0 Å². The van der Waals surface area contributed by atoms with Gasteiger partial charge in [0, 0.05) is 25.1 Å². The number of rotatable bonds is 6. The van der Waals surface area contributed by atoms with E-state index in [1.165, 1.54) is 51.7 Å². The molecule has 2 aliphatic rings. The van der Waals surface area contributed by atoms with Gasteiger partial charge in [-0.3, -0.25) is 0 Å². The van der Waals surface area contributed by atoms with Gasteiger partial charge in [0.15, 0.2) is 0 Å². The van der Waals surface area contributed by atoms with E-state index in [1.54, 1.807) is 0 Å². The van der Waals surface area contributed by atoms with Gasteiger partial charge in [-0.05, 0) is 51.2 Å². The average Bonchev–Trinajstić information content (AvgIpc) is 2.47. The van der Waals surface area contributed by atoms with Crippen LogP contribution < -0.4 is 5.32 Å². The van der Waals surface area contributed by atoms with Crippen LogP contribution in [-0.2, 0) is 4.74 Å². The lowest BCUT2D eigenvalue weighted by molar-refractivity contribution is 0.0117. The van der Waals surface area contributed by atoms with E-state index in [0.29, 0.717) is 12.0 Å². The fraction of sp³-hybridized carbons (Fsp3) is 1.00. The molecule has 0 spiro atoms. The maximum atomic E-state index is 5.71. The van der Waals surface area contributed by atoms with E-state index in [2.05, 4.69) is 24.1 Å². The van der Waals surface area contributed by atoms with Gasteiger partial charge in [-0.2, -0.15) is 0 Å². The van der Waals surface area contributed by atoms with Crippen molar-refractivity contribution in [2.45, 2.75) is 52.0 Å². The second-order valence-corrected chi connectivity index (χ2v) is 6.34. The number of likely N-dealkylation sites (tertiary alicyclic amines) is 1. The Labute approximate surface area is 119 Å².